The molecule has 2 rings (SSSR count). The number of halogens is 1. The summed E-state index contributed by atoms with van der Waals surface area (Å²) in [5, 5.41) is 8.65. The Morgan fingerprint density at radius 3 is 2.55 bits per heavy atom. The Morgan fingerprint density at radius 1 is 1.45 bits per heavy atom. The first kappa shape index (κ1) is 14.9. The van der Waals surface area contributed by atoms with Gasteiger partial charge in [0.25, 0.3) is 0 Å². The lowest BCUT2D eigenvalue weighted by atomic mass is 9.90. The Kier molecular flexibility index (Phi) is 4.40. The van der Waals surface area contributed by atoms with Gasteiger partial charge in [-0.1, -0.05) is 19.1 Å². The molecule has 0 spiro atoms. The van der Waals surface area contributed by atoms with Gasteiger partial charge in [0, 0.05) is 19.1 Å². The molecular weight excluding hydrogens is 261 g/mol. The Bertz CT molecular complexity index is 469. The summed E-state index contributed by atoms with van der Waals surface area (Å²) in [6.07, 6.45) is 0.917. The number of aliphatic carboxylic acids is 1. The van der Waals surface area contributed by atoms with Crippen LogP contribution in [0, 0.1) is 5.82 Å². The van der Waals surface area contributed by atoms with Gasteiger partial charge >= 0.3 is 5.97 Å². The highest BCUT2D eigenvalue weighted by atomic mass is 19.1. The topological polar surface area (TPSA) is 49.8 Å². The molecule has 0 amide bonds. The van der Waals surface area contributed by atoms with Crippen molar-refractivity contribution in [2.24, 2.45) is 0 Å². The van der Waals surface area contributed by atoms with Crippen LogP contribution in [0.15, 0.2) is 24.3 Å². The maximum Gasteiger partial charge on any atom is 0.329 e. The highest BCUT2D eigenvalue weighted by Gasteiger charge is 2.43. The van der Waals surface area contributed by atoms with Gasteiger partial charge in [0.2, 0.25) is 0 Å². The zero-order chi connectivity index (χ0) is 14.8. The number of nitrogens with zero attached hydrogens (tertiary/aromatic N) is 1. The van der Waals surface area contributed by atoms with Crippen LogP contribution in [0.2, 0.25) is 0 Å². The first-order chi connectivity index (χ1) is 9.43. The van der Waals surface area contributed by atoms with Crippen molar-refractivity contribution in [1.29, 1.82) is 0 Å². The van der Waals surface area contributed by atoms with Crippen LogP contribution in [-0.2, 0) is 9.53 Å². The molecule has 0 bridgehead atoms. The average Bonchev–Trinajstić information content (AvgIpc) is 2.37. The zero-order valence-electron chi connectivity index (χ0n) is 11.8. The zero-order valence-corrected chi connectivity index (χ0v) is 11.8. The van der Waals surface area contributed by atoms with Gasteiger partial charge < -0.3 is 9.84 Å². The number of carboxylic acids is 1. The van der Waals surface area contributed by atoms with Gasteiger partial charge in [-0.25, -0.2) is 9.18 Å². The standard InChI is InChI=1S/C15H20FNO3/c1-3-13(11-4-6-12(16)7-5-11)17-9-15(2,10-17)20-8-14(18)19/h4-7,13H,3,8-10H2,1-2H3,(H,18,19). The van der Waals surface area contributed by atoms with Crippen LogP contribution in [0.5, 0.6) is 0 Å². The van der Waals surface area contributed by atoms with Gasteiger partial charge in [-0.15, -0.1) is 0 Å². The Hall–Kier alpha value is -1.46. The highest BCUT2D eigenvalue weighted by Crippen LogP contribution is 2.35. The van der Waals surface area contributed by atoms with Crippen molar-refractivity contribution >= 4 is 5.97 Å². The molecule has 20 heavy (non-hydrogen) atoms. The molecule has 1 N–H and O–H groups in total. The van der Waals surface area contributed by atoms with Crippen molar-refractivity contribution < 1.29 is 19.0 Å². The summed E-state index contributed by atoms with van der Waals surface area (Å²) in [6.45, 7) is 5.12. The van der Waals surface area contributed by atoms with E-state index in [1.54, 1.807) is 12.1 Å². The molecule has 1 aromatic carbocycles. The van der Waals surface area contributed by atoms with Crippen molar-refractivity contribution in [2.45, 2.75) is 31.9 Å². The van der Waals surface area contributed by atoms with E-state index in [4.69, 9.17) is 9.84 Å². The van der Waals surface area contributed by atoms with E-state index in [-0.39, 0.29) is 18.5 Å². The van der Waals surface area contributed by atoms with Crippen molar-refractivity contribution in [3.8, 4) is 0 Å². The highest BCUT2D eigenvalue weighted by molar-refractivity contribution is 5.68. The fraction of sp³-hybridized carbons (Fsp3) is 0.533. The molecule has 1 atom stereocenters. The molecule has 1 aliphatic rings. The summed E-state index contributed by atoms with van der Waals surface area (Å²) in [4.78, 5) is 12.8. The number of ether oxygens (including phenoxy) is 1. The summed E-state index contributed by atoms with van der Waals surface area (Å²) < 4.78 is 18.4. The smallest absolute Gasteiger partial charge is 0.329 e. The van der Waals surface area contributed by atoms with Crippen molar-refractivity contribution in [1.82, 2.24) is 4.90 Å². The third kappa shape index (κ3) is 3.35. The van der Waals surface area contributed by atoms with Gasteiger partial charge in [0.05, 0.1) is 5.60 Å². The maximum atomic E-state index is 13.0. The van der Waals surface area contributed by atoms with Crippen LogP contribution < -0.4 is 0 Å². The molecule has 5 heteroatoms. The molecule has 1 aromatic rings. The number of hydrogen-bond donors (Lipinski definition) is 1. The van der Waals surface area contributed by atoms with Crippen LogP contribution in [0.4, 0.5) is 4.39 Å². The molecule has 1 saturated heterocycles. The Morgan fingerprint density at radius 2 is 2.05 bits per heavy atom. The Labute approximate surface area is 118 Å². The number of rotatable bonds is 6. The van der Waals surface area contributed by atoms with E-state index in [0.717, 1.165) is 12.0 Å². The molecule has 1 aliphatic heterocycles. The first-order valence-electron chi connectivity index (χ1n) is 6.79. The summed E-state index contributed by atoms with van der Waals surface area (Å²) >= 11 is 0. The van der Waals surface area contributed by atoms with E-state index >= 15 is 0 Å². The summed E-state index contributed by atoms with van der Waals surface area (Å²) in [5.41, 5.74) is 0.681. The normalized spacial score (nSPS) is 19.4. The quantitative estimate of drug-likeness (QED) is 0.870. The lowest BCUT2D eigenvalue weighted by Crippen LogP contribution is -2.62. The van der Waals surface area contributed by atoms with E-state index in [1.165, 1.54) is 12.1 Å². The van der Waals surface area contributed by atoms with E-state index in [1.807, 2.05) is 6.92 Å². The fourth-order valence-corrected chi connectivity index (χ4v) is 2.75. The fourth-order valence-electron chi connectivity index (χ4n) is 2.75. The minimum absolute atomic E-state index is 0.220. The van der Waals surface area contributed by atoms with Crippen LogP contribution in [0.25, 0.3) is 0 Å². The number of carbonyl (C=O) groups is 1. The lowest BCUT2D eigenvalue weighted by molar-refractivity contribution is -0.170. The van der Waals surface area contributed by atoms with Gasteiger partial charge in [-0.05, 0) is 31.0 Å². The molecule has 0 aromatic heterocycles. The van der Waals surface area contributed by atoms with E-state index < -0.39 is 11.6 Å². The number of benzene rings is 1. The third-order valence-electron chi connectivity index (χ3n) is 3.70. The molecular formula is C15H20FNO3. The van der Waals surface area contributed by atoms with Gasteiger partial charge in [-0.3, -0.25) is 4.90 Å². The molecule has 4 nitrogen and oxygen atoms in total. The van der Waals surface area contributed by atoms with E-state index in [2.05, 4.69) is 11.8 Å². The Balaban J connectivity index is 1.95. The van der Waals surface area contributed by atoms with Crippen molar-refractivity contribution in [3.05, 3.63) is 35.6 Å². The molecule has 1 fully saturated rings. The second kappa shape index (κ2) is 5.89. The van der Waals surface area contributed by atoms with E-state index in [0.29, 0.717) is 13.1 Å². The van der Waals surface area contributed by atoms with E-state index in [9.17, 15) is 9.18 Å². The van der Waals surface area contributed by atoms with Crippen LogP contribution >= 0.6 is 0 Å². The van der Waals surface area contributed by atoms with Gasteiger partial charge in [-0.2, -0.15) is 0 Å². The second-order valence-corrected chi connectivity index (χ2v) is 5.51. The SMILES string of the molecule is CCC(c1ccc(F)cc1)N1CC(C)(OCC(=O)O)C1. The second-order valence-electron chi connectivity index (χ2n) is 5.51. The van der Waals surface area contributed by atoms with Crippen LogP contribution in [0.1, 0.15) is 31.9 Å². The molecule has 0 aliphatic carbocycles. The average molecular weight is 281 g/mol. The molecule has 0 saturated carbocycles. The predicted molar refractivity (Wildman–Crippen MR) is 73.0 cm³/mol. The summed E-state index contributed by atoms with van der Waals surface area (Å²) in [7, 11) is 0. The molecule has 1 heterocycles. The molecule has 0 radical (unpaired) electrons. The lowest BCUT2D eigenvalue weighted by Gasteiger charge is -2.50. The minimum Gasteiger partial charge on any atom is -0.480 e. The number of carboxylic acid groups (broad SMARTS) is 1. The number of hydrogen-bond acceptors (Lipinski definition) is 3. The van der Waals surface area contributed by atoms with Crippen molar-refractivity contribution in [3.63, 3.8) is 0 Å². The monoisotopic (exact) mass is 281 g/mol. The summed E-state index contributed by atoms with van der Waals surface area (Å²) in [6, 6.07) is 6.77. The number of likely N-dealkylation sites (tertiary alicyclic amines) is 1. The third-order valence-corrected chi connectivity index (χ3v) is 3.70. The van der Waals surface area contributed by atoms with Crippen LogP contribution in [0.3, 0.4) is 0 Å². The first-order valence-corrected chi connectivity index (χ1v) is 6.79. The minimum atomic E-state index is -0.949. The molecule has 110 valence electrons. The largest absolute Gasteiger partial charge is 0.480 e. The van der Waals surface area contributed by atoms with Gasteiger partial charge in [0.15, 0.2) is 0 Å². The van der Waals surface area contributed by atoms with Crippen LogP contribution in [-0.4, -0.2) is 41.3 Å². The van der Waals surface area contributed by atoms with Crippen molar-refractivity contribution in [2.75, 3.05) is 19.7 Å². The summed E-state index contributed by atoms with van der Waals surface area (Å²) in [5.74, 6) is -1.18. The maximum absolute atomic E-state index is 13.0. The predicted octanol–water partition coefficient (Wildman–Crippen LogP) is 2.45. The van der Waals surface area contributed by atoms with Gasteiger partial charge in [0.1, 0.15) is 12.4 Å². The molecule has 1 unspecified atom stereocenters.